The van der Waals surface area contributed by atoms with Gasteiger partial charge in [0.25, 0.3) is 0 Å². The minimum Gasteiger partial charge on any atom is -0.370 e. The summed E-state index contributed by atoms with van der Waals surface area (Å²) >= 11 is 0. The van der Waals surface area contributed by atoms with Crippen LogP contribution >= 0.6 is 0 Å². The van der Waals surface area contributed by atoms with Crippen molar-refractivity contribution < 1.29 is 0 Å². The van der Waals surface area contributed by atoms with Crippen LogP contribution in [0.15, 0.2) is 4.99 Å². The van der Waals surface area contributed by atoms with Crippen molar-refractivity contribution in [1.29, 1.82) is 0 Å². The van der Waals surface area contributed by atoms with Crippen LogP contribution in [0.2, 0.25) is 0 Å². The van der Waals surface area contributed by atoms with Crippen LogP contribution < -0.4 is 11.1 Å². The highest BCUT2D eigenvalue weighted by molar-refractivity contribution is 5.78. The van der Waals surface area contributed by atoms with Crippen molar-refractivity contribution in [3.05, 3.63) is 0 Å². The minimum atomic E-state index is 0.580. The molecule has 0 aromatic heterocycles. The summed E-state index contributed by atoms with van der Waals surface area (Å²) in [6.45, 7) is 3.31. The van der Waals surface area contributed by atoms with Gasteiger partial charge in [0, 0.05) is 12.6 Å². The third-order valence-corrected chi connectivity index (χ3v) is 4.07. The van der Waals surface area contributed by atoms with Crippen molar-refractivity contribution in [2.45, 2.75) is 44.6 Å². The molecule has 0 unspecified atom stereocenters. The fourth-order valence-electron chi connectivity index (χ4n) is 2.80. The molecule has 2 rings (SSSR count). The van der Waals surface area contributed by atoms with Crippen molar-refractivity contribution in [2.24, 2.45) is 16.6 Å². The first-order chi connectivity index (χ1) is 8.24. The van der Waals surface area contributed by atoms with E-state index >= 15 is 0 Å². The lowest BCUT2D eigenvalue weighted by molar-refractivity contribution is 0.223. The van der Waals surface area contributed by atoms with Gasteiger partial charge in [0.1, 0.15) is 0 Å². The zero-order chi connectivity index (χ0) is 12.1. The number of hydrogen-bond acceptors (Lipinski definition) is 2. The van der Waals surface area contributed by atoms with Crippen LogP contribution in [0.1, 0.15) is 38.5 Å². The number of nitrogens with two attached hydrogens (primary N) is 1. The molecule has 4 nitrogen and oxygen atoms in total. The van der Waals surface area contributed by atoms with E-state index in [1.165, 1.54) is 51.6 Å². The fourth-order valence-corrected chi connectivity index (χ4v) is 2.80. The van der Waals surface area contributed by atoms with E-state index in [9.17, 15) is 0 Å². The average Bonchev–Trinajstić information content (AvgIpc) is 2.81. The number of likely N-dealkylation sites (tertiary alicyclic amines) is 1. The predicted octanol–water partition coefficient (Wildman–Crippen LogP) is 1.18. The van der Waals surface area contributed by atoms with Crippen LogP contribution in [0.5, 0.6) is 0 Å². The number of nitrogens with zero attached hydrogens (tertiary/aromatic N) is 2. The van der Waals surface area contributed by atoms with E-state index in [0.717, 1.165) is 12.5 Å². The fraction of sp³-hybridized carbons (Fsp3) is 0.923. The SMILES string of the molecule is CN1CCC(CN=C(N)NC2CCCC2)CC1. The standard InChI is InChI=1S/C13H26N4/c1-17-8-6-11(7-9-17)10-15-13(14)16-12-4-2-3-5-12/h11-12H,2-10H2,1H3,(H3,14,15,16). The summed E-state index contributed by atoms with van der Waals surface area (Å²) in [5.41, 5.74) is 5.93. The van der Waals surface area contributed by atoms with Crippen molar-refractivity contribution >= 4 is 5.96 Å². The second-order valence-electron chi connectivity index (χ2n) is 5.60. The summed E-state index contributed by atoms with van der Waals surface area (Å²) in [6, 6.07) is 0.580. The zero-order valence-corrected chi connectivity index (χ0v) is 11.0. The van der Waals surface area contributed by atoms with Gasteiger partial charge in [-0.3, -0.25) is 4.99 Å². The van der Waals surface area contributed by atoms with E-state index in [-0.39, 0.29) is 0 Å². The molecular formula is C13H26N4. The van der Waals surface area contributed by atoms with Crippen molar-refractivity contribution in [1.82, 2.24) is 10.2 Å². The molecule has 1 aliphatic carbocycles. The quantitative estimate of drug-likeness (QED) is 0.573. The molecular weight excluding hydrogens is 212 g/mol. The zero-order valence-electron chi connectivity index (χ0n) is 11.0. The van der Waals surface area contributed by atoms with Gasteiger partial charge in [0.15, 0.2) is 5.96 Å². The third-order valence-electron chi connectivity index (χ3n) is 4.07. The average molecular weight is 238 g/mol. The molecule has 0 atom stereocenters. The molecule has 0 bridgehead atoms. The Balaban J connectivity index is 1.68. The largest absolute Gasteiger partial charge is 0.370 e. The highest BCUT2D eigenvalue weighted by Crippen LogP contribution is 2.18. The Labute approximate surface area is 105 Å². The number of piperidine rings is 1. The Hall–Kier alpha value is -0.770. The van der Waals surface area contributed by atoms with E-state index in [1.807, 2.05) is 0 Å². The maximum absolute atomic E-state index is 5.93. The Morgan fingerprint density at radius 3 is 2.53 bits per heavy atom. The van der Waals surface area contributed by atoms with E-state index in [0.29, 0.717) is 12.0 Å². The summed E-state index contributed by atoms with van der Waals surface area (Å²) in [5, 5.41) is 3.34. The van der Waals surface area contributed by atoms with Crippen molar-refractivity contribution in [2.75, 3.05) is 26.7 Å². The highest BCUT2D eigenvalue weighted by atomic mass is 15.1. The van der Waals surface area contributed by atoms with Crippen molar-refractivity contribution in [3.63, 3.8) is 0 Å². The number of rotatable bonds is 3. The molecule has 17 heavy (non-hydrogen) atoms. The summed E-state index contributed by atoms with van der Waals surface area (Å²) in [7, 11) is 2.19. The second-order valence-corrected chi connectivity index (χ2v) is 5.60. The Kier molecular flexibility index (Phi) is 4.66. The smallest absolute Gasteiger partial charge is 0.188 e. The minimum absolute atomic E-state index is 0.580. The number of hydrogen-bond donors (Lipinski definition) is 2. The Morgan fingerprint density at radius 1 is 1.24 bits per heavy atom. The molecule has 98 valence electrons. The third kappa shape index (κ3) is 4.19. The molecule has 0 spiro atoms. The van der Waals surface area contributed by atoms with Gasteiger partial charge in [-0.25, -0.2) is 0 Å². The van der Waals surface area contributed by atoms with Gasteiger partial charge in [0.2, 0.25) is 0 Å². The van der Waals surface area contributed by atoms with Gasteiger partial charge >= 0.3 is 0 Å². The number of nitrogens with one attached hydrogen (secondary N) is 1. The molecule has 2 fully saturated rings. The van der Waals surface area contributed by atoms with Gasteiger partial charge in [-0.2, -0.15) is 0 Å². The van der Waals surface area contributed by atoms with Gasteiger partial charge in [-0.05, 0) is 51.7 Å². The summed E-state index contributed by atoms with van der Waals surface area (Å²) in [4.78, 5) is 6.89. The van der Waals surface area contributed by atoms with E-state index in [4.69, 9.17) is 5.73 Å². The highest BCUT2D eigenvalue weighted by Gasteiger charge is 2.17. The molecule has 0 radical (unpaired) electrons. The molecule has 1 saturated heterocycles. The monoisotopic (exact) mass is 238 g/mol. The summed E-state index contributed by atoms with van der Waals surface area (Å²) < 4.78 is 0. The Bertz CT molecular complexity index is 250. The Morgan fingerprint density at radius 2 is 1.88 bits per heavy atom. The lowest BCUT2D eigenvalue weighted by Crippen LogP contribution is -2.39. The molecule has 0 amide bonds. The molecule has 1 saturated carbocycles. The first kappa shape index (κ1) is 12.7. The van der Waals surface area contributed by atoms with Crippen LogP contribution in [-0.2, 0) is 0 Å². The van der Waals surface area contributed by atoms with Gasteiger partial charge < -0.3 is 16.0 Å². The topological polar surface area (TPSA) is 53.6 Å². The van der Waals surface area contributed by atoms with E-state index in [1.54, 1.807) is 0 Å². The van der Waals surface area contributed by atoms with Crippen LogP contribution in [0.4, 0.5) is 0 Å². The van der Waals surface area contributed by atoms with E-state index < -0.39 is 0 Å². The maximum atomic E-state index is 5.93. The summed E-state index contributed by atoms with van der Waals surface area (Å²) in [6.07, 6.45) is 7.70. The van der Waals surface area contributed by atoms with Gasteiger partial charge in [-0.1, -0.05) is 12.8 Å². The van der Waals surface area contributed by atoms with Crippen LogP contribution in [0.25, 0.3) is 0 Å². The van der Waals surface area contributed by atoms with Crippen LogP contribution in [-0.4, -0.2) is 43.6 Å². The van der Waals surface area contributed by atoms with Crippen LogP contribution in [0, 0.1) is 5.92 Å². The summed E-state index contributed by atoms with van der Waals surface area (Å²) in [5.74, 6) is 1.39. The van der Waals surface area contributed by atoms with E-state index in [2.05, 4.69) is 22.3 Å². The first-order valence-electron chi connectivity index (χ1n) is 6.99. The van der Waals surface area contributed by atoms with Gasteiger partial charge in [-0.15, -0.1) is 0 Å². The molecule has 2 aliphatic rings. The lowest BCUT2D eigenvalue weighted by atomic mass is 9.97. The molecule has 0 aromatic carbocycles. The molecule has 4 heteroatoms. The van der Waals surface area contributed by atoms with Crippen LogP contribution in [0.3, 0.4) is 0 Å². The molecule has 3 N–H and O–H groups in total. The lowest BCUT2D eigenvalue weighted by Gasteiger charge is -2.27. The molecule has 1 heterocycles. The maximum Gasteiger partial charge on any atom is 0.188 e. The second kappa shape index (κ2) is 6.24. The first-order valence-corrected chi connectivity index (χ1v) is 6.99. The predicted molar refractivity (Wildman–Crippen MR) is 72.1 cm³/mol. The van der Waals surface area contributed by atoms with Gasteiger partial charge in [0.05, 0.1) is 0 Å². The molecule has 0 aromatic rings. The number of guanidine groups is 1. The molecule has 1 aliphatic heterocycles. The van der Waals surface area contributed by atoms with Crippen molar-refractivity contribution in [3.8, 4) is 0 Å². The number of aliphatic imine (C=N–C) groups is 1. The normalized spacial score (nSPS) is 25.4.